The quantitative estimate of drug-likeness (QED) is 0.0846. The summed E-state index contributed by atoms with van der Waals surface area (Å²) in [6.07, 6.45) is 1.67. The van der Waals surface area contributed by atoms with Gasteiger partial charge in [0.2, 0.25) is 5.12 Å². The highest BCUT2D eigenvalue weighted by Crippen LogP contribution is 2.09. The summed E-state index contributed by atoms with van der Waals surface area (Å²) in [7, 11) is 0. The maximum Gasteiger partial charge on any atom is 0.321 e. The van der Waals surface area contributed by atoms with Crippen molar-refractivity contribution in [2.24, 2.45) is 38.7 Å². The molecule has 138 valence electrons. The highest BCUT2D eigenvalue weighted by molar-refractivity contribution is 8.12. The van der Waals surface area contributed by atoms with Gasteiger partial charge in [-0.25, -0.2) is 4.72 Å². The molecule has 0 unspecified atom stereocenters. The normalized spacial score (nSPS) is 12.9. The Bertz CT molecular complexity index is 463. The van der Waals surface area contributed by atoms with Crippen molar-refractivity contribution in [1.82, 2.24) is 4.72 Å². The number of nitrogens with one attached hydrogen (secondary N) is 1. The lowest BCUT2D eigenvalue weighted by Gasteiger charge is -2.14. The topological polar surface area (TPSA) is 221 Å². The van der Waals surface area contributed by atoms with Crippen LogP contribution in [0.1, 0.15) is 25.7 Å². The number of rotatable bonds is 12. The molecule has 0 amide bonds. The minimum absolute atomic E-state index is 0.0176. The minimum Gasteiger partial charge on any atom is -0.480 e. The molecule has 12 N–H and O–H groups in total. The number of aliphatic imine (C=N–C) groups is 2. The van der Waals surface area contributed by atoms with Gasteiger partial charge in [-0.2, -0.15) is 0 Å². The summed E-state index contributed by atoms with van der Waals surface area (Å²) in [5, 5.41) is 8.76. The first-order valence-corrected chi connectivity index (χ1v) is 8.11. The monoisotopic (exact) mass is 362 g/mol. The van der Waals surface area contributed by atoms with Crippen molar-refractivity contribution in [3.63, 3.8) is 0 Å². The van der Waals surface area contributed by atoms with Gasteiger partial charge in [-0.05, 0) is 37.6 Å². The first kappa shape index (κ1) is 21.9. The number of hydrogen-bond donors (Lipinski definition) is 7. The van der Waals surface area contributed by atoms with Crippen LogP contribution in [0.15, 0.2) is 9.98 Å². The fraction of sp³-hybridized carbons (Fsp3) is 0.667. The predicted octanol–water partition coefficient (Wildman–Crippen LogP) is -2.36. The van der Waals surface area contributed by atoms with E-state index in [1.54, 1.807) is 0 Å². The Balaban J connectivity index is 4.14. The van der Waals surface area contributed by atoms with Crippen molar-refractivity contribution >= 4 is 35.0 Å². The molecule has 0 saturated carbocycles. The molecular formula is C12H26N8O3S. The van der Waals surface area contributed by atoms with E-state index in [1.165, 1.54) is 0 Å². The van der Waals surface area contributed by atoms with Crippen molar-refractivity contribution in [3.05, 3.63) is 0 Å². The molecule has 0 saturated heterocycles. The third kappa shape index (κ3) is 11.5. The van der Waals surface area contributed by atoms with Crippen LogP contribution in [-0.2, 0) is 9.59 Å². The van der Waals surface area contributed by atoms with Gasteiger partial charge in [0.1, 0.15) is 6.04 Å². The molecule has 2 atom stereocenters. The molecule has 0 spiro atoms. The number of guanidine groups is 2. The summed E-state index contributed by atoms with van der Waals surface area (Å²) in [4.78, 5) is 30.5. The fourth-order valence-corrected chi connectivity index (χ4v) is 2.32. The average Bonchev–Trinajstić information content (AvgIpc) is 2.49. The molecule has 0 rings (SSSR count). The number of carboxylic acids is 1. The summed E-state index contributed by atoms with van der Waals surface area (Å²) in [6, 6.07) is -1.63. The van der Waals surface area contributed by atoms with Crippen LogP contribution in [-0.4, -0.2) is 53.3 Å². The lowest BCUT2D eigenvalue weighted by Crippen LogP contribution is -2.37. The van der Waals surface area contributed by atoms with E-state index >= 15 is 0 Å². The number of carboxylic acid groups (broad SMARTS) is 1. The van der Waals surface area contributed by atoms with Crippen molar-refractivity contribution in [1.29, 1.82) is 0 Å². The molecule has 0 aliphatic carbocycles. The lowest BCUT2D eigenvalue weighted by atomic mass is 10.2. The molecular weight excluding hydrogens is 336 g/mol. The molecule has 0 aliphatic heterocycles. The van der Waals surface area contributed by atoms with Gasteiger partial charge >= 0.3 is 5.97 Å². The zero-order valence-electron chi connectivity index (χ0n) is 13.4. The first-order valence-electron chi connectivity index (χ1n) is 7.29. The Morgan fingerprint density at radius 1 is 1.00 bits per heavy atom. The van der Waals surface area contributed by atoms with Crippen LogP contribution < -0.4 is 33.4 Å². The van der Waals surface area contributed by atoms with Crippen LogP contribution >= 0.6 is 11.9 Å². The van der Waals surface area contributed by atoms with Gasteiger partial charge in [0.25, 0.3) is 0 Å². The van der Waals surface area contributed by atoms with Crippen LogP contribution in [0.5, 0.6) is 0 Å². The third-order valence-electron chi connectivity index (χ3n) is 2.82. The van der Waals surface area contributed by atoms with Crippen molar-refractivity contribution in [2.75, 3.05) is 13.1 Å². The van der Waals surface area contributed by atoms with Crippen LogP contribution in [0.25, 0.3) is 0 Å². The Labute approximate surface area is 144 Å². The standard InChI is InChI=1S/C12H26N8O3S/c13-7(3-1-5-18-11(14)15)10(23)24-20-8(9(21)22)4-2-6-19-12(16)17/h7-8,20H,1-6,13H2,(H,21,22)(H4,14,15,18)(H4,16,17,19)/t7-,8-/m0/s1. The smallest absolute Gasteiger partial charge is 0.321 e. The largest absolute Gasteiger partial charge is 0.480 e. The van der Waals surface area contributed by atoms with Gasteiger partial charge in [-0.1, -0.05) is 0 Å². The van der Waals surface area contributed by atoms with Crippen LogP contribution in [0.2, 0.25) is 0 Å². The molecule has 11 nitrogen and oxygen atoms in total. The molecule has 0 bridgehead atoms. The molecule has 0 fully saturated rings. The summed E-state index contributed by atoms with van der Waals surface area (Å²) < 4.78 is 2.61. The van der Waals surface area contributed by atoms with Gasteiger partial charge in [-0.3, -0.25) is 19.6 Å². The fourth-order valence-electron chi connectivity index (χ4n) is 1.58. The Morgan fingerprint density at radius 2 is 1.50 bits per heavy atom. The molecule has 12 heteroatoms. The molecule has 0 aromatic rings. The van der Waals surface area contributed by atoms with E-state index in [2.05, 4.69) is 14.7 Å². The van der Waals surface area contributed by atoms with E-state index in [0.29, 0.717) is 44.3 Å². The molecule has 24 heavy (non-hydrogen) atoms. The summed E-state index contributed by atoms with van der Waals surface area (Å²) >= 11 is 0.684. The second kappa shape index (κ2) is 12.4. The highest BCUT2D eigenvalue weighted by Gasteiger charge is 2.20. The third-order valence-corrected chi connectivity index (χ3v) is 3.72. The van der Waals surface area contributed by atoms with Gasteiger partial charge in [-0.15, -0.1) is 0 Å². The second-order valence-electron chi connectivity index (χ2n) is 4.93. The van der Waals surface area contributed by atoms with Gasteiger partial charge in [0.15, 0.2) is 11.9 Å². The average molecular weight is 362 g/mol. The molecule has 0 radical (unpaired) electrons. The zero-order valence-corrected chi connectivity index (χ0v) is 14.2. The van der Waals surface area contributed by atoms with Crippen molar-refractivity contribution < 1.29 is 14.7 Å². The van der Waals surface area contributed by atoms with Crippen LogP contribution in [0, 0.1) is 0 Å². The second-order valence-corrected chi connectivity index (χ2v) is 5.78. The lowest BCUT2D eigenvalue weighted by molar-refractivity contribution is -0.139. The maximum atomic E-state index is 11.9. The minimum atomic E-state index is -1.07. The van der Waals surface area contributed by atoms with Crippen LogP contribution in [0.4, 0.5) is 0 Å². The number of nitrogens with two attached hydrogens (primary N) is 5. The first-order chi connectivity index (χ1) is 11.2. The summed E-state index contributed by atoms with van der Waals surface area (Å²) in [5.74, 6) is -1.14. The Kier molecular flexibility index (Phi) is 11.3. The molecule has 0 aromatic carbocycles. The summed E-state index contributed by atoms with van der Waals surface area (Å²) in [6.45, 7) is 0.695. The van der Waals surface area contributed by atoms with E-state index in [9.17, 15) is 9.59 Å². The number of aliphatic carboxylic acids is 1. The highest BCUT2D eigenvalue weighted by atomic mass is 32.2. The molecule has 0 aliphatic rings. The molecule has 0 heterocycles. The SMILES string of the molecule is NC(N)=NCCC[C@H](NSC(=O)[C@@H](N)CCCN=C(N)N)C(=O)O. The van der Waals surface area contributed by atoms with E-state index in [0.717, 1.165) is 0 Å². The van der Waals surface area contributed by atoms with Crippen molar-refractivity contribution in [3.8, 4) is 0 Å². The van der Waals surface area contributed by atoms with E-state index in [4.69, 9.17) is 33.8 Å². The Hall–Kier alpha value is -2.05. The van der Waals surface area contributed by atoms with E-state index in [1.807, 2.05) is 0 Å². The molecule has 0 aromatic heterocycles. The van der Waals surface area contributed by atoms with Gasteiger partial charge < -0.3 is 33.8 Å². The predicted molar refractivity (Wildman–Crippen MR) is 95.0 cm³/mol. The number of hydrogen-bond acceptors (Lipinski definition) is 7. The van der Waals surface area contributed by atoms with Crippen molar-refractivity contribution in [2.45, 2.75) is 37.8 Å². The van der Waals surface area contributed by atoms with Gasteiger partial charge in [0, 0.05) is 13.1 Å². The number of carbonyl (C=O) groups is 2. The maximum absolute atomic E-state index is 11.9. The van der Waals surface area contributed by atoms with E-state index < -0.39 is 18.1 Å². The zero-order chi connectivity index (χ0) is 18.5. The van der Waals surface area contributed by atoms with Gasteiger partial charge in [0.05, 0.1) is 6.04 Å². The Morgan fingerprint density at radius 3 is 1.96 bits per heavy atom. The number of carbonyl (C=O) groups excluding carboxylic acids is 1. The van der Waals surface area contributed by atoms with E-state index in [-0.39, 0.29) is 23.5 Å². The number of nitrogens with zero attached hydrogens (tertiary/aromatic N) is 2. The summed E-state index contributed by atoms with van der Waals surface area (Å²) in [5.41, 5.74) is 26.5. The van der Waals surface area contributed by atoms with Crippen LogP contribution in [0.3, 0.4) is 0 Å².